The van der Waals surface area contributed by atoms with Gasteiger partial charge in [0.05, 0.1) is 0 Å². The largest absolute Gasteiger partial charge is 0.396 e. The molecular weight excluding hydrogens is 492 g/mol. The Hall–Kier alpha value is -2.16. The van der Waals surface area contributed by atoms with Gasteiger partial charge in [-0.15, -0.1) is 12.4 Å². The van der Waals surface area contributed by atoms with E-state index in [0.717, 1.165) is 44.5 Å². The van der Waals surface area contributed by atoms with Crippen LogP contribution in [0.1, 0.15) is 81.6 Å². The van der Waals surface area contributed by atoms with E-state index in [-0.39, 0.29) is 36.7 Å². The van der Waals surface area contributed by atoms with Crippen LogP contribution in [0.25, 0.3) is 0 Å². The topological polar surface area (TPSA) is 102 Å². The molecule has 0 saturated carbocycles. The molecule has 0 radical (unpaired) electrons. The lowest BCUT2D eigenvalue weighted by Gasteiger charge is -2.52. The van der Waals surface area contributed by atoms with Crippen molar-refractivity contribution in [3.8, 4) is 0 Å². The number of nitrogens with zero attached hydrogens (tertiary/aromatic N) is 2. The van der Waals surface area contributed by atoms with Crippen molar-refractivity contribution >= 4 is 30.1 Å². The molecule has 3 amide bonds. The van der Waals surface area contributed by atoms with Gasteiger partial charge < -0.3 is 20.6 Å². The molecule has 3 rings (SSSR count). The highest BCUT2D eigenvalue weighted by Gasteiger charge is 2.53. The van der Waals surface area contributed by atoms with Crippen LogP contribution in [-0.2, 0) is 16.1 Å². The molecule has 0 bridgehead atoms. The molecule has 2 fully saturated rings. The van der Waals surface area contributed by atoms with Gasteiger partial charge in [-0.3, -0.25) is 19.3 Å². The number of hydrogen-bond acceptors (Lipinski definition) is 5. The standard InChI is InChI=1S/C28H44N4O4.ClH/c1-4-5-15-32-26(35)24(19-21(2)3)30-27(36)28(32)12-16-31(17-13-28)20-22-8-10-23(11-9-22)25(34)29-14-6-7-18-33;/h8-11,21,24,33H,4-7,12-20H2,1-3H3,(H,29,34)(H,30,36);1H/t24-;/m0./s1. The summed E-state index contributed by atoms with van der Waals surface area (Å²) in [5.41, 5.74) is 1.00. The first kappa shape index (κ1) is 31.1. The molecule has 2 aliphatic rings. The Kier molecular flexibility index (Phi) is 12.3. The fraction of sp³-hybridized carbons (Fsp3) is 0.679. The van der Waals surface area contributed by atoms with Crippen molar-refractivity contribution < 1.29 is 19.5 Å². The molecule has 2 saturated heterocycles. The number of carbonyl (C=O) groups excluding carboxylic acids is 3. The highest BCUT2D eigenvalue weighted by molar-refractivity contribution is 6.00. The summed E-state index contributed by atoms with van der Waals surface area (Å²) < 4.78 is 0. The number of rotatable bonds is 12. The van der Waals surface area contributed by atoms with Crippen LogP contribution in [0.3, 0.4) is 0 Å². The quantitative estimate of drug-likeness (QED) is 0.356. The van der Waals surface area contributed by atoms with Crippen LogP contribution in [0.5, 0.6) is 0 Å². The Labute approximate surface area is 227 Å². The highest BCUT2D eigenvalue weighted by atomic mass is 35.5. The van der Waals surface area contributed by atoms with Gasteiger partial charge in [0.2, 0.25) is 11.8 Å². The fourth-order valence-corrected chi connectivity index (χ4v) is 5.29. The summed E-state index contributed by atoms with van der Waals surface area (Å²) in [5, 5.41) is 14.8. The molecule has 1 spiro atoms. The van der Waals surface area contributed by atoms with Crippen molar-refractivity contribution in [3.05, 3.63) is 35.4 Å². The van der Waals surface area contributed by atoms with Gasteiger partial charge in [0, 0.05) is 44.9 Å². The lowest BCUT2D eigenvalue weighted by atomic mass is 9.80. The SMILES string of the molecule is CCCCN1C(=O)[C@H](CC(C)C)NC(=O)C12CCN(Cc1ccc(C(=O)NCCCCO)cc1)CC2.Cl. The molecule has 2 heterocycles. The van der Waals surface area contributed by atoms with E-state index in [1.807, 2.05) is 29.2 Å². The van der Waals surface area contributed by atoms with Crippen molar-refractivity contribution in [2.45, 2.75) is 83.8 Å². The summed E-state index contributed by atoms with van der Waals surface area (Å²) in [6.45, 7) is 9.83. The zero-order valence-electron chi connectivity index (χ0n) is 22.6. The molecule has 2 aliphatic heterocycles. The number of hydrogen-bond donors (Lipinski definition) is 3. The second-order valence-corrected chi connectivity index (χ2v) is 10.7. The Morgan fingerprint density at radius 3 is 2.41 bits per heavy atom. The Bertz CT molecular complexity index is 885. The summed E-state index contributed by atoms with van der Waals surface area (Å²) in [7, 11) is 0. The second-order valence-electron chi connectivity index (χ2n) is 10.7. The van der Waals surface area contributed by atoms with E-state index >= 15 is 0 Å². The van der Waals surface area contributed by atoms with Gasteiger partial charge in [0.15, 0.2) is 0 Å². The number of likely N-dealkylation sites (tertiary alicyclic amines) is 1. The number of unbranched alkanes of at least 4 members (excludes halogenated alkanes) is 2. The smallest absolute Gasteiger partial charge is 0.251 e. The van der Waals surface area contributed by atoms with E-state index in [4.69, 9.17) is 5.11 Å². The van der Waals surface area contributed by atoms with E-state index < -0.39 is 11.6 Å². The number of nitrogens with one attached hydrogen (secondary N) is 2. The maximum Gasteiger partial charge on any atom is 0.251 e. The molecule has 9 heteroatoms. The third-order valence-corrected chi connectivity index (χ3v) is 7.43. The number of aliphatic hydroxyl groups excluding tert-OH is 1. The van der Waals surface area contributed by atoms with Crippen LogP contribution in [0.2, 0.25) is 0 Å². The first-order valence-electron chi connectivity index (χ1n) is 13.6. The first-order valence-corrected chi connectivity index (χ1v) is 13.6. The van der Waals surface area contributed by atoms with E-state index in [9.17, 15) is 14.4 Å². The van der Waals surface area contributed by atoms with Crippen molar-refractivity contribution in [1.29, 1.82) is 0 Å². The maximum absolute atomic E-state index is 13.4. The Morgan fingerprint density at radius 2 is 1.81 bits per heavy atom. The summed E-state index contributed by atoms with van der Waals surface area (Å²) in [4.78, 5) is 43.3. The average Bonchev–Trinajstić information content (AvgIpc) is 2.86. The number of aliphatic hydroxyl groups is 1. The molecule has 8 nitrogen and oxygen atoms in total. The number of halogens is 1. The molecule has 0 aromatic heterocycles. The van der Waals surface area contributed by atoms with E-state index in [1.54, 1.807) is 0 Å². The van der Waals surface area contributed by atoms with Crippen LogP contribution >= 0.6 is 12.4 Å². The molecule has 0 aliphatic carbocycles. The summed E-state index contributed by atoms with van der Waals surface area (Å²) in [6.07, 6.45) is 5.27. The van der Waals surface area contributed by atoms with Crippen molar-refractivity contribution in [2.24, 2.45) is 5.92 Å². The Morgan fingerprint density at radius 1 is 1.14 bits per heavy atom. The van der Waals surface area contributed by atoms with Crippen molar-refractivity contribution in [2.75, 3.05) is 32.8 Å². The molecule has 1 aromatic rings. The minimum Gasteiger partial charge on any atom is -0.396 e. The van der Waals surface area contributed by atoms with Crippen LogP contribution in [0.15, 0.2) is 24.3 Å². The van der Waals surface area contributed by atoms with E-state index in [0.29, 0.717) is 50.3 Å². The number of carbonyl (C=O) groups is 3. The fourth-order valence-electron chi connectivity index (χ4n) is 5.29. The third kappa shape index (κ3) is 7.91. The zero-order chi connectivity index (χ0) is 26.1. The Balaban J connectivity index is 0.00000481. The van der Waals surface area contributed by atoms with Crippen LogP contribution < -0.4 is 10.6 Å². The van der Waals surface area contributed by atoms with Crippen LogP contribution in [0.4, 0.5) is 0 Å². The molecule has 1 atom stereocenters. The minimum atomic E-state index is -0.742. The number of benzene rings is 1. The number of piperidine rings is 1. The summed E-state index contributed by atoms with van der Waals surface area (Å²) >= 11 is 0. The van der Waals surface area contributed by atoms with Gasteiger partial charge in [-0.25, -0.2) is 0 Å². The monoisotopic (exact) mass is 536 g/mol. The van der Waals surface area contributed by atoms with Crippen LogP contribution in [-0.4, -0.2) is 77.0 Å². The highest BCUT2D eigenvalue weighted by Crippen LogP contribution is 2.34. The normalized spacial score (nSPS) is 19.6. The molecule has 3 N–H and O–H groups in total. The van der Waals surface area contributed by atoms with Gasteiger partial charge in [0.1, 0.15) is 11.6 Å². The average molecular weight is 537 g/mol. The van der Waals surface area contributed by atoms with Gasteiger partial charge in [-0.2, -0.15) is 0 Å². The van der Waals surface area contributed by atoms with Gasteiger partial charge in [-0.1, -0.05) is 39.3 Å². The molecule has 208 valence electrons. The minimum absolute atomic E-state index is 0. The number of amides is 3. The molecule has 1 aromatic carbocycles. The lowest BCUT2D eigenvalue weighted by Crippen LogP contribution is -2.73. The van der Waals surface area contributed by atoms with E-state index in [2.05, 4.69) is 36.3 Å². The lowest BCUT2D eigenvalue weighted by molar-refractivity contribution is -0.161. The predicted octanol–water partition coefficient (Wildman–Crippen LogP) is 3.12. The summed E-state index contributed by atoms with van der Waals surface area (Å²) in [6, 6.07) is 7.23. The van der Waals surface area contributed by atoms with Crippen molar-refractivity contribution in [1.82, 2.24) is 20.4 Å². The molecule has 37 heavy (non-hydrogen) atoms. The van der Waals surface area contributed by atoms with Gasteiger partial charge >= 0.3 is 0 Å². The maximum atomic E-state index is 13.4. The van der Waals surface area contributed by atoms with Gasteiger partial charge in [-0.05, 0) is 62.1 Å². The third-order valence-electron chi connectivity index (χ3n) is 7.43. The number of piperazine rings is 1. The molecular formula is C28H45ClN4O4. The second kappa shape index (κ2) is 14.7. The summed E-state index contributed by atoms with van der Waals surface area (Å²) in [5.74, 6) is 0.329. The van der Waals surface area contributed by atoms with Gasteiger partial charge in [0.25, 0.3) is 5.91 Å². The van der Waals surface area contributed by atoms with E-state index in [1.165, 1.54) is 0 Å². The molecule has 0 unspecified atom stereocenters. The zero-order valence-corrected chi connectivity index (χ0v) is 23.4. The van der Waals surface area contributed by atoms with Crippen LogP contribution in [0, 0.1) is 5.92 Å². The first-order chi connectivity index (χ1) is 17.3. The van der Waals surface area contributed by atoms with Crippen molar-refractivity contribution in [3.63, 3.8) is 0 Å². The predicted molar refractivity (Wildman–Crippen MR) is 148 cm³/mol.